The van der Waals surface area contributed by atoms with Crippen molar-refractivity contribution in [2.24, 2.45) is 0 Å². The van der Waals surface area contributed by atoms with E-state index in [9.17, 15) is 22.8 Å². The lowest BCUT2D eigenvalue weighted by molar-refractivity contribution is -0.145. The molecule has 3 aromatic rings. The number of alkyl halides is 3. The van der Waals surface area contributed by atoms with Crippen LogP contribution in [0.1, 0.15) is 51.8 Å². The molecule has 10 heteroatoms. The Bertz CT molecular complexity index is 1120. The van der Waals surface area contributed by atoms with Gasteiger partial charge in [-0.2, -0.15) is 13.2 Å². The van der Waals surface area contributed by atoms with Gasteiger partial charge in [-0.25, -0.2) is 9.97 Å². The van der Waals surface area contributed by atoms with E-state index >= 15 is 0 Å². The summed E-state index contributed by atoms with van der Waals surface area (Å²) < 4.78 is 37.9. The predicted molar refractivity (Wildman–Crippen MR) is 112 cm³/mol. The van der Waals surface area contributed by atoms with E-state index in [1.807, 2.05) is 6.92 Å². The third kappa shape index (κ3) is 6.48. The highest BCUT2D eigenvalue weighted by atomic mass is 79.9. The summed E-state index contributed by atoms with van der Waals surface area (Å²) in [6.45, 7) is 6.44. The number of ketones is 2. The Morgan fingerprint density at radius 1 is 0.774 bits per heavy atom. The van der Waals surface area contributed by atoms with Crippen molar-refractivity contribution in [2.75, 3.05) is 0 Å². The van der Waals surface area contributed by atoms with Crippen molar-refractivity contribution in [1.82, 2.24) is 19.9 Å². The Labute approximate surface area is 185 Å². The summed E-state index contributed by atoms with van der Waals surface area (Å²) in [6, 6.07) is 3.35. The number of Topliss-reactive ketones (excluding diaryl/α,β-unsaturated/α-hetero) is 2. The second kappa shape index (κ2) is 9.86. The molecule has 0 unspecified atom stereocenters. The van der Waals surface area contributed by atoms with Crippen LogP contribution < -0.4 is 0 Å². The lowest BCUT2D eigenvalue weighted by atomic mass is 10.0. The first-order valence-corrected chi connectivity index (χ1v) is 9.69. The summed E-state index contributed by atoms with van der Waals surface area (Å²) in [6.07, 6.45) is 0.697. The normalized spacial score (nSPS) is 10.8. The maximum atomic E-state index is 12.4. The molecule has 0 atom stereocenters. The molecule has 3 rings (SSSR count). The number of aromatic nitrogens is 4. The second-order valence-corrected chi connectivity index (χ2v) is 7.46. The van der Waals surface area contributed by atoms with Gasteiger partial charge in [-0.1, -0.05) is 0 Å². The third-order valence-electron chi connectivity index (χ3n) is 4.14. The largest absolute Gasteiger partial charge is 0.451 e. The second-order valence-electron chi connectivity index (χ2n) is 6.55. The van der Waals surface area contributed by atoms with E-state index in [-0.39, 0.29) is 11.6 Å². The van der Waals surface area contributed by atoms with Crippen LogP contribution >= 0.6 is 15.9 Å². The van der Waals surface area contributed by atoms with Gasteiger partial charge in [0.15, 0.2) is 11.6 Å². The van der Waals surface area contributed by atoms with Gasteiger partial charge >= 0.3 is 6.18 Å². The van der Waals surface area contributed by atoms with Crippen molar-refractivity contribution >= 4 is 27.5 Å². The van der Waals surface area contributed by atoms with Crippen molar-refractivity contribution in [1.29, 1.82) is 0 Å². The van der Waals surface area contributed by atoms with Crippen LogP contribution in [0, 0.1) is 13.8 Å². The molecule has 0 saturated carbocycles. The number of carbonyl (C=O) groups excluding carboxylic acids is 2. The van der Waals surface area contributed by atoms with Crippen molar-refractivity contribution in [3.05, 3.63) is 69.7 Å². The zero-order valence-corrected chi connectivity index (χ0v) is 18.7. The van der Waals surface area contributed by atoms with E-state index in [2.05, 4.69) is 35.9 Å². The molecule has 0 aromatic carbocycles. The smallest absolute Gasteiger partial charge is 0.294 e. The highest BCUT2D eigenvalue weighted by Gasteiger charge is 2.34. The van der Waals surface area contributed by atoms with Gasteiger partial charge in [0.1, 0.15) is 0 Å². The van der Waals surface area contributed by atoms with Crippen LogP contribution in [-0.2, 0) is 6.18 Å². The van der Waals surface area contributed by atoms with Gasteiger partial charge in [-0.05, 0) is 55.8 Å². The van der Waals surface area contributed by atoms with Crippen LogP contribution in [0.15, 0.2) is 41.4 Å². The summed E-state index contributed by atoms with van der Waals surface area (Å²) in [5, 5.41) is 0. The van der Waals surface area contributed by atoms with E-state index < -0.39 is 12.0 Å². The van der Waals surface area contributed by atoms with Crippen LogP contribution in [0.5, 0.6) is 0 Å². The number of hydrogen-bond donors (Lipinski definition) is 0. The standard InChI is InChI=1S/C13H10F3N3O.C8H8BrNO/c1-7-11(8(2)20)3-9(4-17-7)10-5-18-12(19-6-10)13(14,15)16;1-5-8(6(2)11)3-7(9)4-10-5/h3-6H,1-2H3;3-4H,1-2H3. The van der Waals surface area contributed by atoms with Crippen LogP contribution in [-0.4, -0.2) is 31.5 Å². The van der Waals surface area contributed by atoms with Crippen molar-refractivity contribution < 1.29 is 22.8 Å². The lowest BCUT2D eigenvalue weighted by Gasteiger charge is -2.07. The van der Waals surface area contributed by atoms with Crippen molar-refractivity contribution in [3.8, 4) is 11.1 Å². The molecule has 3 aromatic heterocycles. The van der Waals surface area contributed by atoms with E-state index in [0.29, 0.717) is 27.9 Å². The van der Waals surface area contributed by atoms with Gasteiger partial charge in [0.25, 0.3) is 0 Å². The van der Waals surface area contributed by atoms with Crippen LogP contribution in [0.4, 0.5) is 13.2 Å². The maximum absolute atomic E-state index is 12.4. The number of halogens is 4. The fraction of sp³-hybridized carbons (Fsp3) is 0.238. The molecule has 0 radical (unpaired) electrons. The molecule has 0 aliphatic carbocycles. The van der Waals surface area contributed by atoms with Gasteiger partial charge in [0.05, 0.1) is 0 Å². The van der Waals surface area contributed by atoms with Crippen molar-refractivity contribution in [3.63, 3.8) is 0 Å². The Morgan fingerprint density at radius 3 is 1.68 bits per heavy atom. The molecule has 0 aliphatic rings. The average molecular weight is 495 g/mol. The van der Waals surface area contributed by atoms with Gasteiger partial charge in [0.2, 0.25) is 5.82 Å². The number of carbonyl (C=O) groups is 2. The van der Waals surface area contributed by atoms with Gasteiger partial charge in [0, 0.05) is 62.9 Å². The molecular formula is C21H18BrF3N4O2. The number of pyridine rings is 2. The summed E-state index contributed by atoms with van der Waals surface area (Å²) in [5.41, 5.74) is 3.30. The minimum Gasteiger partial charge on any atom is -0.294 e. The summed E-state index contributed by atoms with van der Waals surface area (Å²) in [5.74, 6) is -1.31. The summed E-state index contributed by atoms with van der Waals surface area (Å²) in [4.78, 5) is 37.0. The van der Waals surface area contributed by atoms with Crippen molar-refractivity contribution in [2.45, 2.75) is 33.9 Å². The first kappa shape index (κ1) is 24.3. The highest BCUT2D eigenvalue weighted by molar-refractivity contribution is 9.10. The Kier molecular flexibility index (Phi) is 7.72. The first-order valence-electron chi connectivity index (χ1n) is 8.90. The minimum absolute atomic E-state index is 0.0521. The SMILES string of the molecule is CC(=O)c1cc(-c2cnc(C(F)(F)F)nc2)cnc1C.CC(=O)c1cc(Br)cnc1C. The summed E-state index contributed by atoms with van der Waals surface area (Å²) >= 11 is 3.25. The van der Waals surface area contributed by atoms with E-state index in [1.54, 1.807) is 25.3 Å². The molecule has 0 fully saturated rings. The van der Waals surface area contributed by atoms with Gasteiger partial charge in [-0.15, -0.1) is 0 Å². The maximum Gasteiger partial charge on any atom is 0.451 e. The first-order chi connectivity index (χ1) is 14.4. The molecule has 31 heavy (non-hydrogen) atoms. The zero-order valence-electron chi connectivity index (χ0n) is 17.1. The zero-order chi connectivity index (χ0) is 23.3. The monoisotopic (exact) mass is 494 g/mol. The third-order valence-corrected chi connectivity index (χ3v) is 4.57. The topological polar surface area (TPSA) is 85.7 Å². The number of rotatable bonds is 3. The molecule has 0 spiro atoms. The molecule has 0 N–H and O–H groups in total. The van der Waals surface area contributed by atoms with Crippen LogP contribution in [0.3, 0.4) is 0 Å². The summed E-state index contributed by atoms with van der Waals surface area (Å²) in [7, 11) is 0. The van der Waals surface area contributed by atoms with E-state index in [4.69, 9.17) is 0 Å². The fourth-order valence-corrected chi connectivity index (χ4v) is 2.87. The molecule has 0 saturated heterocycles. The quantitative estimate of drug-likeness (QED) is 0.451. The van der Waals surface area contributed by atoms with E-state index in [1.165, 1.54) is 20.0 Å². The van der Waals surface area contributed by atoms with Gasteiger partial charge < -0.3 is 0 Å². The molecule has 0 amide bonds. The highest BCUT2D eigenvalue weighted by Crippen LogP contribution is 2.27. The average Bonchev–Trinajstić information content (AvgIpc) is 2.70. The van der Waals surface area contributed by atoms with Gasteiger partial charge in [-0.3, -0.25) is 19.6 Å². The lowest BCUT2D eigenvalue weighted by Crippen LogP contribution is -2.10. The van der Waals surface area contributed by atoms with Crippen LogP contribution in [0.2, 0.25) is 0 Å². The molecule has 0 aliphatic heterocycles. The molecule has 3 heterocycles. The molecule has 6 nitrogen and oxygen atoms in total. The fourth-order valence-electron chi connectivity index (χ4n) is 2.53. The molecule has 0 bridgehead atoms. The number of hydrogen-bond acceptors (Lipinski definition) is 6. The van der Waals surface area contributed by atoms with E-state index in [0.717, 1.165) is 22.6 Å². The Balaban J connectivity index is 0.000000262. The predicted octanol–water partition coefficient (Wildman–Crippen LogP) is 5.42. The van der Waals surface area contributed by atoms with Crippen LogP contribution in [0.25, 0.3) is 11.1 Å². The Morgan fingerprint density at radius 2 is 1.23 bits per heavy atom. The Hall–Kier alpha value is -3.01. The minimum atomic E-state index is -4.57. The number of nitrogens with zero attached hydrogens (tertiary/aromatic N) is 4. The molecular weight excluding hydrogens is 477 g/mol. The number of aryl methyl sites for hydroxylation is 2. The molecule has 162 valence electrons.